The van der Waals surface area contributed by atoms with Gasteiger partial charge in [0.25, 0.3) is 5.91 Å². The first-order valence-corrected chi connectivity index (χ1v) is 6.24. The van der Waals surface area contributed by atoms with Crippen LogP contribution in [0.4, 0.5) is 5.69 Å². The molecule has 0 radical (unpaired) electrons. The second kappa shape index (κ2) is 6.29. The predicted molar refractivity (Wildman–Crippen MR) is 76.8 cm³/mol. The van der Waals surface area contributed by atoms with E-state index >= 15 is 0 Å². The molecule has 0 aliphatic rings. The van der Waals surface area contributed by atoms with Gasteiger partial charge < -0.3 is 14.8 Å². The van der Waals surface area contributed by atoms with Crippen LogP contribution in [0.25, 0.3) is 0 Å². The fourth-order valence-electron chi connectivity index (χ4n) is 1.65. The van der Waals surface area contributed by atoms with Crippen LogP contribution in [0, 0.1) is 18.8 Å². The molecular formula is C15H12ClNO3. The molecule has 1 aromatic heterocycles. The fraction of sp³-hybridized carbons (Fsp3) is 0.133. The quantitative estimate of drug-likeness (QED) is 0.836. The van der Waals surface area contributed by atoms with Crippen molar-refractivity contribution in [3.63, 3.8) is 0 Å². The number of amides is 1. The first-order valence-electron chi connectivity index (χ1n) is 5.86. The second-order valence-electron chi connectivity index (χ2n) is 4.04. The molecule has 1 amide bonds. The number of aryl methyl sites for hydroxylation is 1. The number of halogens is 1. The number of carbonyl (C=O) groups is 1. The lowest BCUT2D eigenvalue weighted by atomic mass is 10.1. The maximum atomic E-state index is 12.1. The minimum absolute atomic E-state index is 0.242. The summed E-state index contributed by atoms with van der Waals surface area (Å²) in [6, 6.07) is 6.64. The average molecular weight is 290 g/mol. The van der Waals surface area contributed by atoms with Crippen LogP contribution in [0.1, 0.15) is 21.7 Å². The van der Waals surface area contributed by atoms with Gasteiger partial charge in [0.1, 0.15) is 6.61 Å². The standard InChI is InChI=1S/C15H12ClNO3/c1-10-6-8-20-14(10)15(19)17-13-9-12(16)5-4-11(13)3-2-7-18/h4-6,8-9,18H,7H2,1H3,(H,17,19). The van der Waals surface area contributed by atoms with E-state index in [0.29, 0.717) is 16.3 Å². The number of aliphatic hydroxyl groups is 1. The molecule has 0 saturated carbocycles. The van der Waals surface area contributed by atoms with Crippen molar-refractivity contribution in [2.24, 2.45) is 0 Å². The minimum Gasteiger partial charge on any atom is -0.459 e. The molecule has 0 fully saturated rings. The third-order valence-corrected chi connectivity index (χ3v) is 2.84. The zero-order valence-electron chi connectivity index (χ0n) is 10.7. The monoisotopic (exact) mass is 289 g/mol. The second-order valence-corrected chi connectivity index (χ2v) is 4.47. The van der Waals surface area contributed by atoms with E-state index in [0.717, 1.165) is 5.56 Å². The molecule has 0 aliphatic heterocycles. The van der Waals surface area contributed by atoms with Gasteiger partial charge >= 0.3 is 0 Å². The number of anilines is 1. The van der Waals surface area contributed by atoms with E-state index in [1.807, 2.05) is 0 Å². The fourth-order valence-corrected chi connectivity index (χ4v) is 1.82. The van der Waals surface area contributed by atoms with Crippen LogP contribution in [0.15, 0.2) is 34.9 Å². The van der Waals surface area contributed by atoms with Crippen LogP contribution < -0.4 is 5.32 Å². The Labute approximate surface area is 121 Å². The van der Waals surface area contributed by atoms with E-state index in [4.69, 9.17) is 21.1 Å². The van der Waals surface area contributed by atoms with E-state index in [9.17, 15) is 4.79 Å². The van der Waals surface area contributed by atoms with Crippen molar-refractivity contribution in [2.75, 3.05) is 11.9 Å². The lowest BCUT2D eigenvalue weighted by molar-refractivity contribution is 0.0996. The van der Waals surface area contributed by atoms with Gasteiger partial charge in [0.2, 0.25) is 0 Å². The summed E-state index contributed by atoms with van der Waals surface area (Å²) in [7, 11) is 0. The largest absolute Gasteiger partial charge is 0.459 e. The van der Waals surface area contributed by atoms with Crippen LogP contribution in [0.5, 0.6) is 0 Å². The van der Waals surface area contributed by atoms with Gasteiger partial charge in [0.15, 0.2) is 5.76 Å². The molecule has 2 N–H and O–H groups in total. The molecule has 20 heavy (non-hydrogen) atoms. The Bertz CT molecular complexity index is 695. The van der Waals surface area contributed by atoms with Gasteiger partial charge in [0.05, 0.1) is 12.0 Å². The number of rotatable bonds is 2. The van der Waals surface area contributed by atoms with Gasteiger partial charge in [0, 0.05) is 16.1 Å². The molecule has 0 bridgehead atoms. The van der Waals surface area contributed by atoms with Crippen molar-refractivity contribution in [1.82, 2.24) is 0 Å². The topological polar surface area (TPSA) is 62.5 Å². The number of hydrogen-bond donors (Lipinski definition) is 2. The Morgan fingerprint density at radius 3 is 2.90 bits per heavy atom. The van der Waals surface area contributed by atoms with Crippen molar-refractivity contribution < 1.29 is 14.3 Å². The molecule has 1 heterocycles. The van der Waals surface area contributed by atoms with E-state index in [-0.39, 0.29) is 18.3 Å². The normalized spacial score (nSPS) is 9.75. The third-order valence-electron chi connectivity index (χ3n) is 2.60. The summed E-state index contributed by atoms with van der Waals surface area (Å²) < 4.78 is 5.13. The van der Waals surface area contributed by atoms with Gasteiger partial charge in [-0.3, -0.25) is 4.79 Å². The van der Waals surface area contributed by atoms with Crippen LogP contribution in [0.2, 0.25) is 5.02 Å². The van der Waals surface area contributed by atoms with Crippen LogP contribution in [0.3, 0.4) is 0 Å². The summed E-state index contributed by atoms with van der Waals surface area (Å²) in [4.78, 5) is 12.1. The Morgan fingerprint density at radius 2 is 2.25 bits per heavy atom. The van der Waals surface area contributed by atoms with Crippen LogP contribution in [-0.2, 0) is 0 Å². The van der Waals surface area contributed by atoms with Crippen molar-refractivity contribution in [3.05, 3.63) is 52.4 Å². The van der Waals surface area contributed by atoms with Gasteiger partial charge in [-0.2, -0.15) is 0 Å². The summed E-state index contributed by atoms with van der Waals surface area (Å²) in [6.07, 6.45) is 1.45. The summed E-state index contributed by atoms with van der Waals surface area (Å²) in [5.74, 6) is 5.15. The third kappa shape index (κ3) is 3.21. The first-order chi connectivity index (χ1) is 9.61. The number of furan rings is 1. The highest BCUT2D eigenvalue weighted by molar-refractivity contribution is 6.31. The van der Waals surface area contributed by atoms with Crippen molar-refractivity contribution in [1.29, 1.82) is 0 Å². The minimum atomic E-state index is -0.373. The number of hydrogen-bond acceptors (Lipinski definition) is 3. The van der Waals surface area contributed by atoms with E-state index in [1.165, 1.54) is 6.26 Å². The van der Waals surface area contributed by atoms with Crippen LogP contribution in [-0.4, -0.2) is 17.6 Å². The molecule has 1 aromatic carbocycles. The molecule has 5 heteroatoms. The first kappa shape index (κ1) is 14.2. The van der Waals surface area contributed by atoms with Gasteiger partial charge in [-0.15, -0.1) is 0 Å². The molecule has 2 aromatic rings. The number of nitrogens with one attached hydrogen (secondary N) is 1. The molecule has 0 aliphatic carbocycles. The Morgan fingerprint density at radius 1 is 1.45 bits per heavy atom. The lowest BCUT2D eigenvalue weighted by Gasteiger charge is -2.07. The van der Waals surface area contributed by atoms with Crippen molar-refractivity contribution >= 4 is 23.2 Å². The molecule has 102 valence electrons. The number of benzene rings is 1. The summed E-state index contributed by atoms with van der Waals surface area (Å²) in [5, 5.41) is 11.9. The highest BCUT2D eigenvalue weighted by Gasteiger charge is 2.14. The molecule has 0 saturated heterocycles. The van der Waals surface area contributed by atoms with Crippen LogP contribution >= 0.6 is 11.6 Å². The molecule has 0 atom stereocenters. The number of aliphatic hydroxyl groups excluding tert-OH is 1. The zero-order valence-corrected chi connectivity index (χ0v) is 11.5. The Hall–Kier alpha value is -2.22. The summed E-state index contributed by atoms with van der Waals surface area (Å²) >= 11 is 5.92. The molecule has 0 unspecified atom stereocenters. The van der Waals surface area contributed by atoms with Crippen molar-refractivity contribution in [3.8, 4) is 11.8 Å². The summed E-state index contributed by atoms with van der Waals surface area (Å²) in [6.45, 7) is 1.52. The SMILES string of the molecule is Cc1ccoc1C(=O)Nc1cc(Cl)ccc1C#CCO. The molecule has 0 spiro atoms. The molecular weight excluding hydrogens is 278 g/mol. The zero-order chi connectivity index (χ0) is 14.5. The predicted octanol–water partition coefficient (Wildman–Crippen LogP) is 2.84. The summed E-state index contributed by atoms with van der Waals surface area (Å²) in [5.41, 5.74) is 1.78. The Balaban J connectivity index is 2.31. The Kier molecular flexibility index (Phi) is 4.46. The maximum Gasteiger partial charge on any atom is 0.291 e. The van der Waals surface area contributed by atoms with Gasteiger partial charge in [-0.05, 0) is 31.2 Å². The highest BCUT2D eigenvalue weighted by Crippen LogP contribution is 2.21. The average Bonchev–Trinajstić information content (AvgIpc) is 2.84. The van der Waals surface area contributed by atoms with E-state index in [2.05, 4.69) is 17.2 Å². The molecule has 2 rings (SSSR count). The van der Waals surface area contributed by atoms with Gasteiger partial charge in [-0.1, -0.05) is 23.4 Å². The smallest absolute Gasteiger partial charge is 0.291 e. The van der Waals surface area contributed by atoms with E-state index < -0.39 is 0 Å². The number of carbonyl (C=O) groups excluding carboxylic acids is 1. The maximum absolute atomic E-state index is 12.1. The molecule has 4 nitrogen and oxygen atoms in total. The highest BCUT2D eigenvalue weighted by atomic mass is 35.5. The van der Waals surface area contributed by atoms with Crippen molar-refractivity contribution in [2.45, 2.75) is 6.92 Å². The van der Waals surface area contributed by atoms with E-state index in [1.54, 1.807) is 31.2 Å². The van der Waals surface area contributed by atoms with Gasteiger partial charge in [-0.25, -0.2) is 0 Å². The lowest BCUT2D eigenvalue weighted by Crippen LogP contribution is -2.13.